The van der Waals surface area contributed by atoms with Crippen LogP contribution in [0.5, 0.6) is 0 Å². The highest BCUT2D eigenvalue weighted by molar-refractivity contribution is 5.83. The van der Waals surface area contributed by atoms with Gasteiger partial charge < -0.3 is 31.1 Å². The van der Waals surface area contributed by atoms with E-state index < -0.39 is 31.1 Å². The molecule has 1 saturated carbocycles. The van der Waals surface area contributed by atoms with Crippen molar-refractivity contribution in [2.24, 2.45) is 5.92 Å². The van der Waals surface area contributed by atoms with E-state index in [1.54, 1.807) is 0 Å². The van der Waals surface area contributed by atoms with Crippen molar-refractivity contribution >= 4 is 22.9 Å². The average Bonchev–Trinajstić information content (AvgIpc) is 3.37. The number of rotatable bonds is 6. The SMILES string of the molecule is Nc1nc(NCCC2CCCC2)nc2c1ncn2[C@@H]1O[C@H](CO)C(O)C1O. The first-order valence-electron chi connectivity index (χ1n) is 9.45. The Balaban J connectivity index is 1.54. The van der Waals surface area contributed by atoms with Crippen LogP contribution in [0.15, 0.2) is 6.33 Å². The largest absolute Gasteiger partial charge is 0.394 e. The van der Waals surface area contributed by atoms with Crippen LogP contribution < -0.4 is 11.1 Å². The van der Waals surface area contributed by atoms with Gasteiger partial charge in [0, 0.05) is 6.54 Å². The molecule has 2 fully saturated rings. The number of nitrogens with one attached hydrogen (secondary N) is 1. The van der Waals surface area contributed by atoms with E-state index in [-0.39, 0.29) is 5.82 Å². The van der Waals surface area contributed by atoms with E-state index in [0.717, 1.165) is 18.9 Å². The van der Waals surface area contributed by atoms with Gasteiger partial charge >= 0.3 is 0 Å². The first-order valence-corrected chi connectivity index (χ1v) is 9.45. The van der Waals surface area contributed by atoms with E-state index in [0.29, 0.717) is 17.1 Å². The Hall–Kier alpha value is -2.01. The van der Waals surface area contributed by atoms with E-state index in [9.17, 15) is 15.3 Å². The standard InChI is InChI=1S/C17H26N6O4/c18-14-11-15(22-17(21-14)19-6-5-9-3-1-2-4-9)23(8-20-11)16-13(26)12(25)10(7-24)27-16/h8-10,12-13,16,24-26H,1-7H2,(H3,18,19,21,22)/t10-,12?,13?,16-/m1/s1. The summed E-state index contributed by atoms with van der Waals surface area (Å²) >= 11 is 0. The monoisotopic (exact) mass is 378 g/mol. The lowest BCUT2D eigenvalue weighted by Crippen LogP contribution is -2.33. The summed E-state index contributed by atoms with van der Waals surface area (Å²) in [4.78, 5) is 12.9. The first-order chi connectivity index (χ1) is 13.1. The molecule has 2 aromatic rings. The molecule has 10 nitrogen and oxygen atoms in total. The average molecular weight is 378 g/mol. The lowest BCUT2D eigenvalue weighted by atomic mass is 10.0. The molecular weight excluding hydrogens is 352 g/mol. The Bertz CT molecular complexity index is 793. The van der Waals surface area contributed by atoms with Crippen molar-refractivity contribution < 1.29 is 20.1 Å². The van der Waals surface area contributed by atoms with Crippen LogP contribution in [0.1, 0.15) is 38.3 Å². The minimum atomic E-state index is -1.21. The molecule has 0 bridgehead atoms. The van der Waals surface area contributed by atoms with Gasteiger partial charge in [0.05, 0.1) is 12.9 Å². The van der Waals surface area contributed by atoms with Crippen molar-refractivity contribution in [1.82, 2.24) is 19.5 Å². The van der Waals surface area contributed by atoms with Crippen molar-refractivity contribution in [1.29, 1.82) is 0 Å². The van der Waals surface area contributed by atoms with Crippen LogP contribution in [0.2, 0.25) is 0 Å². The maximum Gasteiger partial charge on any atom is 0.226 e. The lowest BCUT2D eigenvalue weighted by Gasteiger charge is -2.17. The van der Waals surface area contributed by atoms with Gasteiger partial charge in [-0.2, -0.15) is 9.97 Å². The van der Waals surface area contributed by atoms with Gasteiger partial charge in [0.2, 0.25) is 5.95 Å². The molecule has 4 rings (SSSR count). The molecule has 6 N–H and O–H groups in total. The molecule has 0 amide bonds. The molecule has 0 radical (unpaired) electrons. The highest BCUT2D eigenvalue weighted by atomic mass is 16.6. The molecule has 2 aliphatic rings. The van der Waals surface area contributed by atoms with E-state index >= 15 is 0 Å². The molecule has 2 unspecified atom stereocenters. The Morgan fingerprint density at radius 1 is 1.22 bits per heavy atom. The summed E-state index contributed by atoms with van der Waals surface area (Å²) in [5.74, 6) is 1.38. The van der Waals surface area contributed by atoms with Crippen LogP contribution in [0.4, 0.5) is 11.8 Å². The highest BCUT2D eigenvalue weighted by Gasteiger charge is 2.44. The summed E-state index contributed by atoms with van der Waals surface area (Å²) in [6.45, 7) is 0.365. The fourth-order valence-corrected chi connectivity index (χ4v) is 4.00. The lowest BCUT2D eigenvalue weighted by molar-refractivity contribution is -0.0511. The number of hydrogen-bond acceptors (Lipinski definition) is 9. The number of nitrogens with zero attached hydrogens (tertiary/aromatic N) is 4. The zero-order chi connectivity index (χ0) is 19.0. The topological polar surface area (TPSA) is 152 Å². The van der Waals surface area contributed by atoms with E-state index in [1.807, 2.05) is 0 Å². The molecule has 1 aliphatic carbocycles. The van der Waals surface area contributed by atoms with Crippen molar-refractivity contribution in [3.63, 3.8) is 0 Å². The molecule has 1 aliphatic heterocycles. The van der Waals surface area contributed by atoms with Crippen molar-refractivity contribution in [3.8, 4) is 0 Å². The van der Waals surface area contributed by atoms with Gasteiger partial charge in [-0.3, -0.25) is 4.57 Å². The summed E-state index contributed by atoms with van der Waals surface area (Å²) in [7, 11) is 0. The molecule has 1 saturated heterocycles. The number of imidazole rings is 1. The third kappa shape index (κ3) is 3.45. The fraction of sp³-hybridized carbons (Fsp3) is 0.706. The normalized spacial score (nSPS) is 29.0. The molecule has 0 spiro atoms. The molecule has 2 aromatic heterocycles. The summed E-state index contributed by atoms with van der Waals surface area (Å²) in [5.41, 5.74) is 6.82. The maximum atomic E-state index is 10.3. The number of nitrogens with two attached hydrogens (primary N) is 1. The third-order valence-electron chi connectivity index (χ3n) is 5.55. The van der Waals surface area contributed by atoms with Crippen molar-refractivity contribution in [3.05, 3.63) is 6.33 Å². The third-order valence-corrected chi connectivity index (χ3v) is 5.55. The van der Waals surface area contributed by atoms with Crippen LogP contribution >= 0.6 is 0 Å². The molecular formula is C17H26N6O4. The van der Waals surface area contributed by atoms with Crippen LogP contribution in [0.3, 0.4) is 0 Å². The Kier molecular flexibility index (Phi) is 5.13. The van der Waals surface area contributed by atoms with E-state index in [1.165, 1.54) is 36.6 Å². The van der Waals surface area contributed by atoms with Crippen LogP contribution in [-0.4, -0.2) is 66.3 Å². The van der Waals surface area contributed by atoms with Crippen molar-refractivity contribution in [2.75, 3.05) is 24.2 Å². The number of hydrogen-bond donors (Lipinski definition) is 5. The Morgan fingerprint density at radius 2 is 2.00 bits per heavy atom. The smallest absolute Gasteiger partial charge is 0.226 e. The van der Waals surface area contributed by atoms with Gasteiger partial charge in [0.25, 0.3) is 0 Å². The second-order valence-corrected chi connectivity index (χ2v) is 7.35. The zero-order valence-electron chi connectivity index (χ0n) is 15.0. The van der Waals surface area contributed by atoms with Crippen LogP contribution in [0.25, 0.3) is 11.2 Å². The molecule has 3 heterocycles. The van der Waals surface area contributed by atoms with Gasteiger partial charge in [-0.05, 0) is 12.3 Å². The summed E-state index contributed by atoms with van der Waals surface area (Å²) in [6.07, 6.45) is 3.49. The Labute approximate surface area is 156 Å². The number of nitrogen functional groups attached to an aromatic ring is 1. The molecule has 0 aromatic carbocycles. The number of ether oxygens (including phenoxy) is 1. The molecule has 4 atom stereocenters. The molecule has 27 heavy (non-hydrogen) atoms. The number of fused-ring (bicyclic) bond motifs is 1. The number of anilines is 2. The fourth-order valence-electron chi connectivity index (χ4n) is 4.00. The molecule has 148 valence electrons. The first kappa shape index (κ1) is 18.4. The highest BCUT2D eigenvalue weighted by Crippen LogP contribution is 2.32. The quantitative estimate of drug-likeness (QED) is 0.468. The predicted molar refractivity (Wildman–Crippen MR) is 97.8 cm³/mol. The second kappa shape index (κ2) is 7.55. The zero-order valence-corrected chi connectivity index (χ0v) is 15.0. The van der Waals surface area contributed by atoms with Gasteiger partial charge in [0.1, 0.15) is 23.8 Å². The van der Waals surface area contributed by atoms with Gasteiger partial charge in [-0.1, -0.05) is 25.7 Å². The van der Waals surface area contributed by atoms with Crippen LogP contribution in [-0.2, 0) is 4.74 Å². The Morgan fingerprint density at radius 3 is 2.70 bits per heavy atom. The molecule has 10 heteroatoms. The van der Waals surface area contributed by atoms with Gasteiger partial charge in [-0.25, -0.2) is 4.98 Å². The minimum Gasteiger partial charge on any atom is -0.394 e. The number of aliphatic hydroxyl groups is 3. The summed E-state index contributed by atoms with van der Waals surface area (Å²) < 4.78 is 7.08. The van der Waals surface area contributed by atoms with Gasteiger partial charge in [0.15, 0.2) is 17.7 Å². The number of aromatic nitrogens is 4. The van der Waals surface area contributed by atoms with E-state index in [4.69, 9.17) is 10.5 Å². The van der Waals surface area contributed by atoms with Gasteiger partial charge in [-0.15, -0.1) is 0 Å². The van der Waals surface area contributed by atoms with Crippen LogP contribution in [0, 0.1) is 5.92 Å². The maximum absolute atomic E-state index is 10.3. The summed E-state index contributed by atoms with van der Waals surface area (Å²) in [6, 6.07) is 0. The summed E-state index contributed by atoms with van der Waals surface area (Å²) in [5, 5.41) is 32.8. The second-order valence-electron chi connectivity index (χ2n) is 7.35. The van der Waals surface area contributed by atoms with Crippen molar-refractivity contribution in [2.45, 2.75) is 56.6 Å². The van der Waals surface area contributed by atoms with E-state index in [2.05, 4.69) is 20.3 Å². The number of aliphatic hydroxyl groups excluding tert-OH is 3. The minimum absolute atomic E-state index is 0.230. The predicted octanol–water partition coefficient (Wildman–Crippen LogP) is 0.0122.